The van der Waals surface area contributed by atoms with Crippen molar-refractivity contribution in [2.45, 2.75) is 6.42 Å². The number of allylic oxidation sites excluding steroid dienone is 2. The minimum Gasteiger partial charge on any atom is -0.103 e. The first kappa shape index (κ1) is 9.72. The molecule has 0 N–H and O–H groups in total. The highest BCUT2D eigenvalue weighted by Crippen LogP contribution is 2.19. The molecule has 0 amide bonds. The molecule has 2 aromatic rings. The van der Waals surface area contributed by atoms with Gasteiger partial charge in [0.25, 0.3) is 0 Å². The van der Waals surface area contributed by atoms with Crippen LogP contribution in [0.15, 0.2) is 61.2 Å². The number of benzene rings is 2. The van der Waals surface area contributed by atoms with Crippen molar-refractivity contribution in [2.24, 2.45) is 0 Å². The first-order valence-corrected chi connectivity index (χ1v) is 5.17. The Morgan fingerprint density at radius 1 is 1.00 bits per heavy atom. The van der Waals surface area contributed by atoms with Gasteiger partial charge in [0.1, 0.15) is 0 Å². The van der Waals surface area contributed by atoms with Crippen molar-refractivity contribution in [2.75, 3.05) is 0 Å². The lowest BCUT2D eigenvalue weighted by Crippen LogP contribution is -1.76. The minimum atomic E-state index is 0.920. The Kier molecular flexibility index (Phi) is 2.99. The summed E-state index contributed by atoms with van der Waals surface area (Å²) in [6.07, 6.45) is 7.11. The van der Waals surface area contributed by atoms with Crippen LogP contribution in [0.1, 0.15) is 12.0 Å². The maximum atomic E-state index is 3.70. The predicted molar refractivity (Wildman–Crippen MR) is 67.8 cm³/mol. The Labute approximate surface area is 90.6 Å². The molecule has 0 spiro atoms. The molecular weight excluding hydrogens is 180 g/mol. The van der Waals surface area contributed by atoms with E-state index in [1.165, 1.54) is 16.3 Å². The third-order valence-electron chi connectivity index (χ3n) is 2.42. The van der Waals surface area contributed by atoms with Crippen LogP contribution >= 0.6 is 0 Å². The standard InChI is InChI=1S/C15H14/c1-2-3-4-8-13-10-7-11-14-9-5-6-12-15(13)14/h2,4-12H,1,3H2. The molecule has 0 saturated heterocycles. The summed E-state index contributed by atoms with van der Waals surface area (Å²) >= 11 is 0. The van der Waals surface area contributed by atoms with E-state index in [9.17, 15) is 0 Å². The van der Waals surface area contributed by atoms with Crippen molar-refractivity contribution in [3.63, 3.8) is 0 Å². The van der Waals surface area contributed by atoms with E-state index in [1.807, 2.05) is 6.08 Å². The molecule has 0 nitrogen and oxygen atoms in total. The lowest BCUT2D eigenvalue weighted by Gasteiger charge is -2.01. The van der Waals surface area contributed by atoms with Gasteiger partial charge in [-0.1, -0.05) is 60.7 Å². The second kappa shape index (κ2) is 4.61. The molecule has 0 fully saturated rings. The molecule has 0 bridgehead atoms. The van der Waals surface area contributed by atoms with Crippen LogP contribution in [0.25, 0.3) is 16.8 Å². The van der Waals surface area contributed by atoms with Crippen LogP contribution < -0.4 is 0 Å². The molecule has 74 valence electrons. The van der Waals surface area contributed by atoms with Gasteiger partial charge in [-0.2, -0.15) is 0 Å². The fourth-order valence-electron chi connectivity index (χ4n) is 1.69. The summed E-state index contributed by atoms with van der Waals surface area (Å²) in [4.78, 5) is 0. The van der Waals surface area contributed by atoms with Crippen LogP contribution in [-0.2, 0) is 0 Å². The van der Waals surface area contributed by atoms with Crippen LogP contribution in [-0.4, -0.2) is 0 Å². The second-order valence-electron chi connectivity index (χ2n) is 3.50. The van der Waals surface area contributed by atoms with E-state index in [0.29, 0.717) is 0 Å². The van der Waals surface area contributed by atoms with Gasteiger partial charge in [-0.15, -0.1) is 6.58 Å². The van der Waals surface area contributed by atoms with Gasteiger partial charge in [-0.25, -0.2) is 0 Å². The highest BCUT2D eigenvalue weighted by molar-refractivity contribution is 5.90. The average molecular weight is 194 g/mol. The minimum absolute atomic E-state index is 0.920. The molecule has 0 aromatic heterocycles. The predicted octanol–water partition coefficient (Wildman–Crippen LogP) is 4.43. The van der Waals surface area contributed by atoms with Gasteiger partial charge in [0.2, 0.25) is 0 Å². The first-order chi connectivity index (χ1) is 7.42. The van der Waals surface area contributed by atoms with E-state index >= 15 is 0 Å². The van der Waals surface area contributed by atoms with Gasteiger partial charge in [0.05, 0.1) is 0 Å². The second-order valence-corrected chi connectivity index (χ2v) is 3.50. The van der Waals surface area contributed by atoms with Crippen molar-refractivity contribution in [3.05, 3.63) is 66.8 Å². The molecule has 0 unspecified atom stereocenters. The molecule has 0 aliphatic carbocycles. The van der Waals surface area contributed by atoms with Crippen molar-refractivity contribution in [1.82, 2.24) is 0 Å². The van der Waals surface area contributed by atoms with Gasteiger partial charge in [0.15, 0.2) is 0 Å². The Morgan fingerprint density at radius 3 is 2.67 bits per heavy atom. The first-order valence-electron chi connectivity index (χ1n) is 5.17. The maximum Gasteiger partial charge on any atom is -0.0112 e. The smallest absolute Gasteiger partial charge is 0.0112 e. The summed E-state index contributed by atoms with van der Waals surface area (Å²) in [7, 11) is 0. The quantitative estimate of drug-likeness (QED) is 0.634. The van der Waals surface area contributed by atoms with Gasteiger partial charge in [-0.05, 0) is 22.8 Å². The molecule has 0 aliphatic heterocycles. The Balaban J connectivity index is 2.46. The molecular formula is C15H14. The molecule has 0 heteroatoms. The van der Waals surface area contributed by atoms with Crippen molar-refractivity contribution in [3.8, 4) is 0 Å². The number of rotatable bonds is 3. The molecule has 0 saturated carbocycles. The fraction of sp³-hybridized carbons (Fsp3) is 0.0667. The topological polar surface area (TPSA) is 0 Å². The Bertz CT molecular complexity index is 487. The zero-order valence-electron chi connectivity index (χ0n) is 8.69. The third-order valence-corrected chi connectivity index (χ3v) is 2.42. The highest BCUT2D eigenvalue weighted by atomic mass is 14.0. The fourth-order valence-corrected chi connectivity index (χ4v) is 1.69. The van der Waals surface area contributed by atoms with E-state index in [0.717, 1.165) is 6.42 Å². The summed E-state index contributed by atoms with van der Waals surface area (Å²) in [5.74, 6) is 0. The molecule has 0 aliphatic rings. The van der Waals surface area contributed by atoms with Gasteiger partial charge in [0, 0.05) is 0 Å². The van der Waals surface area contributed by atoms with E-state index in [2.05, 4.69) is 61.2 Å². The maximum absolute atomic E-state index is 3.70. The highest BCUT2D eigenvalue weighted by Gasteiger charge is 1.94. The van der Waals surface area contributed by atoms with Crippen LogP contribution in [0.3, 0.4) is 0 Å². The zero-order chi connectivity index (χ0) is 10.5. The largest absolute Gasteiger partial charge is 0.103 e. The van der Waals surface area contributed by atoms with Crippen LogP contribution in [0.2, 0.25) is 0 Å². The Morgan fingerprint density at radius 2 is 1.80 bits per heavy atom. The summed E-state index contributed by atoms with van der Waals surface area (Å²) < 4.78 is 0. The molecule has 15 heavy (non-hydrogen) atoms. The molecule has 0 radical (unpaired) electrons. The van der Waals surface area contributed by atoms with Crippen LogP contribution in [0.4, 0.5) is 0 Å². The van der Waals surface area contributed by atoms with E-state index in [4.69, 9.17) is 0 Å². The van der Waals surface area contributed by atoms with E-state index in [-0.39, 0.29) is 0 Å². The molecule has 2 aromatic carbocycles. The van der Waals surface area contributed by atoms with Crippen LogP contribution in [0, 0.1) is 0 Å². The van der Waals surface area contributed by atoms with E-state index < -0.39 is 0 Å². The monoisotopic (exact) mass is 194 g/mol. The zero-order valence-corrected chi connectivity index (χ0v) is 8.69. The van der Waals surface area contributed by atoms with Gasteiger partial charge >= 0.3 is 0 Å². The summed E-state index contributed by atoms with van der Waals surface area (Å²) in [6, 6.07) is 14.8. The average Bonchev–Trinajstić information content (AvgIpc) is 2.30. The number of fused-ring (bicyclic) bond motifs is 1. The van der Waals surface area contributed by atoms with Crippen molar-refractivity contribution >= 4 is 16.8 Å². The lowest BCUT2D eigenvalue weighted by molar-refractivity contribution is 1.42. The van der Waals surface area contributed by atoms with Crippen LogP contribution in [0.5, 0.6) is 0 Å². The summed E-state index contributed by atoms with van der Waals surface area (Å²) in [5, 5.41) is 2.60. The molecule has 2 rings (SSSR count). The van der Waals surface area contributed by atoms with Gasteiger partial charge in [-0.3, -0.25) is 0 Å². The molecule has 0 atom stereocenters. The van der Waals surface area contributed by atoms with Crippen molar-refractivity contribution < 1.29 is 0 Å². The normalized spacial score (nSPS) is 10.9. The molecule has 0 heterocycles. The lowest BCUT2D eigenvalue weighted by atomic mass is 10.0. The summed E-state index contributed by atoms with van der Waals surface area (Å²) in [6.45, 7) is 3.70. The van der Waals surface area contributed by atoms with Crippen molar-refractivity contribution in [1.29, 1.82) is 0 Å². The number of hydrogen-bond acceptors (Lipinski definition) is 0. The summed E-state index contributed by atoms with van der Waals surface area (Å²) in [5.41, 5.74) is 1.27. The SMILES string of the molecule is C=CCC=Cc1cccc2ccccc12. The van der Waals surface area contributed by atoms with E-state index in [1.54, 1.807) is 0 Å². The third kappa shape index (κ3) is 2.16. The Hall–Kier alpha value is -1.82. The van der Waals surface area contributed by atoms with Gasteiger partial charge < -0.3 is 0 Å². The number of hydrogen-bond donors (Lipinski definition) is 0.